The standard InChI is InChI=1S/C26H23FN4O/c1-19-4-3-15-31(19)25-13-10-23(26(32)28-14-2-5-21-17-29-30-18-21)16-22(25)9-6-20-7-11-24(27)12-8-20/h3-4,7-8,10-13,15-18H,2,5,14H2,1H3,(H,28,32)(H,29,30). The van der Waals surface area contributed by atoms with Gasteiger partial charge in [-0.15, -0.1) is 0 Å². The zero-order valence-electron chi connectivity index (χ0n) is 17.7. The van der Waals surface area contributed by atoms with E-state index in [1.54, 1.807) is 24.4 Å². The van der Waals surface area contributed by atoms with E-state index < -0.39 is 0 Å². The zero-order valence-corrected chi connectivity index (χ0v) is 17.7. The predicted molar refractivity (Wildman–Crippen MR) is 122 cm³/mol. The summed E-state index contributed by atoms with van der Waals surface area (Å²) in [5.41, 5.74) is 5.04. The van der Waals surface area contributed by atoms with E-state index in [1.165, 1.54) is 12.1 Å². The lowest BCUT2D eigenvalue weighted by molar-refractivity contribution is 0.0953. The van der Waals surface area contributed by atoms with Crippen LogP contribution >= 0.6 is 0 Å². The minimum absolute atomic E-state index is 0.141. The summed E-state index contributed by atoms with van der Waals surface area (Å²) in [5, 5.41) is 9.68. The maximum Gasteiger partial charge on any atom is 0.251 e. The molecule has 0 fully saturated rings. The molecule has 0 aliphatic carbocycles. The lowest BCUT2D eigenvalue weighted by Crippen LogP contribution is -2.25. The monoisotopic (exact) mass is 426 g/mol. The third kappa shape index (κ3) is 5.13. The smallest absolute Gasteiger partial charge is 0.251 e. The van der Waals surface area contributed by atoms with E-state index in [2.05, 4.69) is 27.4 Å². The maximum absolute atomic E-state index is 13.2. The highest BCUT2D eigenvalue weighted by molar-refractivity contribution is 5.95. The fraction of sp³-hybridized carbons (Fsp3) is 0.154. The number of amides is 1. The molecule has 0 spiro atoms. The molecule has 2 aromatic carbocycles. The minimum atomic E-state index is -0.300. The lowest BCUT2D eigenvalue weighted by atomic mass is 10.1. The van der Waals surface area contributed by atoms with Crippen LogP contribution in [-0.2, 0) is 6.42 Å². The highest BCUT2D eigenvalue weighted by Crippen LogP contribution is 2.19. The Morgan fingerprint density at radius 2 is 2.00 bits per heavy atom. The van der Waals surface area contributed by atoms with Crippen LogP contribution in [-0.4, -0.2) is 27.2 Å². The molecule has 1 amide bonds. The summed E-state index contributed by atoms with van der Waals surface area (Å²) in [6.07, 6.45) is 7.27. The van der Waals surface area contributed by atoms with Gasteiger partial charge in [0, 0.05) is 41.3 Å². The number of hydrogen-bond donors (Lipinski definition) is 2. The summed E-state index contributed by atoms with van der Waals surface area (Å²) < 4.78 is 15.2. The molecule has 2 N–H and O–H groups in total. The van der Waals surface area contributed by atoms with Crippen molar-refractivity contribution in [3.63, 3.8) is 0 Å². The molecule has 0 aliphatic rings. The molecule has 0 bridgehead atoms. The van der Waals surface area contributed by atoms with Gasteiger partial charge in [0.15, 0.2) is 0 Å². The first-order valence-electron chi connectivity index (χ1n) is 10.4. The number of carbonyl (C=O) groups excluding carboxylic acids is 1. The van der Waals surface area contributed by atoms with Crippen molar-refractivity contribution in [2.75, 3.05) is 6.54 Å². The highest BCUT2D eigenvalue weighted by Gasteiger charge is 2.11. The van der Waals surface area contributed by atoms with Gasteiger partial charge in [-0.05, 0) is 79.9 Å². The van der Waals surface area contributed by atoms with Crippen molar-refractivity contribution in [3.8, 4) is 17.5 Å². The van der Waals surface area contributed by atoms with Crippen molar-refractivity contribution in [3.05, 3.63) is 107 Å². The van der Waals surface area contributed by atoms with E-state index in [-0.39, 0.29) is 11.7 Å². The first-order chi connectivity index (χ1) is 15.6. The van der Waals surface area contributed by atoms with E-state index in [9.17, 15) is 9.18 Å². The van der Waals surface area contributed by atoms with Gasteiger partial charge in [0.2, 0.25) is 0 Å². The molecular weight excluding hydrogens is 403 g/mol. The summed E-state index contributed by atoms with van der Waals surface area (Å²) in [7, 11) is 0. The zero-order chi connectivity index (χ0) is 22.3. The molecule has 32 heavy (non-hydrogen) atoms. The van der Waals surface area contributed by atoms with E-state index in [0.717, 1.165) is 35.3 Å². The number of aromatic nitrogens is 3. The molecule has 5 nitrogen and oxygen atoms in total. The number of aromatic amines is 1. The number of halogens is 1. The Kier molecular flexibility index (Phi) is 6.47. The van der Waals surface area contributed by atoms with Gasteiger partial charge in [0.1, 0.15) is 5.82 Å². The van der Waals surface area contributed by atoms with Crippen LogP contribution in [0.1, 0.15) is 39.2 Å². The van der Waals surface area contributed by atoms with E-state index in [4.69, 9.17) is 0 Å². The SMILES string of the molecule is Cc1cccn1-c1ccc(C(=O)NCCCc2cn[nH]c2)cc1C#Cc1ccc(F)cc1. The fourth-order valence-electron chi connectivity index (χ4n) is 3.41. The molecule has 4 rings (SSSR count). The lowest BCUT2D eigenvalue weighted by Gasteiger charge is -2.11. The largest absolute Gasteiger partial charge is 0.352 e. The normalized spacial score (nSPS) is 10.4. The van der Waals surface area contributed by atoms with Crippen LogP contribution < -0.4 is 5.32 Å². The minimum Gasteiger partial charge on any atom is -0.352 e. The maximum atomic E-state index is 13.2. The van der Waals surface area contributed by atoms with Crippen LogP contribution in [0.3, 0.4) is 0 Å². The van der Waals surface area contributed by atoms with E-state index in [0.29, 0.717) is 17.7 Å². The van der Waals surface area contributed by atoms with Gasteiger partial charge < -0.3 is 9.88 Å². The molecule has 6 heteroatoms. The van der Waals surface area contributed by atoms with Crippen molar-refractivity contribution in [2.45, 2.75) is 19.8 Å². The van der Waals surface area contributed by atoms with Crippen molar-refractivity contribution >= 4 is 5.91 Å². The Hall–Kier alpha value is -4.11. The van der Waals surface area contributed by atoms with Gasteiger partial charge in [-0.2, -0.15) is 5.10 Å². The number of benzene rings is 2. The average Bonchev–Trinajstić information content (AvgIpc) is 3.48. The van der Waals surface area contributed by atoms with Crippen LogP contribution in [0.2, 0.25) is 0 Å². The van der Waals surface area contributed by atoms with Crippen LogP contribution in [0.4, 0.5) is 4.39 Å². The van der Waals surface area contributed by atoms with Crippen molar-refractivity contribution in [1.29, 1.82) is 0 Å². The Labute approximate surface area is 186 Å². The molecule has 160 valence electrons. The first kappa shape index (κ1) is 21.1. The quantitative estimate of drug-likeness (QED) is 0.354. The van der Waals surface area contributed by atoms with Gasteiger partial charge in [-0.25, -0.2) is 4.39 Å². The van der Waals surface area contributed by atoms with E-state index in [1.807, 2.05) is 48.1 Å². The molecule has 0 radical (unpaired) electrons. The van der Waals surface area contributed by atoms with Gasteiger partial charge in [0.25, 0.3) is 5.91 Å². The summed E-state index contributed by atoms with van der Waals surface area (Å²) in [4.78, 5) is 12.7. The van der Waals surface area contributed by atoms with Gasteiger partial charge in [0.05, 0.1) is 11.9 Å². The Morgan fingerprint density at radius 3 is 2.72 bits per heavy atom. The second-order valence-electron chi connectivity index (χ2n) is 7.47. The Morgan fingerprint density at radius 1 is 1.16 bits per heavy atom. The van der Waals surface area contributed by atoms with Crippen LogP contribution in [0.5, 0.6) is 0 Å². The van der Waals surface area contributed by atoms with Crippen LogP contribution in [0, 0.1) is 24.6 Å². The number of rotatable bonds is 6. The summed E-state index contributed by atoms with van der Waals surface area (Å²) in [5.74, 6) is 5.79. The van der Waals surface area contributed by atoms with E-state index >= 15 is 0 Å². The first-order valence-corrected chi connectivity index (χ1v) is 10.4. The second kappa shape index (κ2) is 9.80. The molecule has 2 aromatic heterocycles. The van der Waals surface area contributed by atoms with Crippen molar-refractivity contribution < 1.29 is 9.18 Å². The van der Waals surface area contributed by atoms with Crippen molar-refractivity contribution in [1.82, 2.24) is 20.1 Å². The molecule has 0 atom stereocenters. The molecule has 4 aromatic rings. The summed E-state index contributed by atoms with van der Waals surface area (Å²) >= 11 is 0. The molecule has 0 aliphatic heterocycles. The Bertz CT molecular complexity index is 1260. The van der Waals surface area contributed by atoms with Gasteiger partial charge in [-0.1, -0.05) is 11.8 Å². The van der Waals surface area contributed by atoms with Gasteiger partial charge >= 0.3 is 0 Å². The number of aryl methyl sites for hydroxylation is 2. The summed E-state index contributed by atoms with van der Waals surface area (Å²) in [6.45, 7) is 2.58. The third-order valence-electron chi connectivity index (χ3n) is 5.14. The fourth-order valence-corrected chi connectivity index (χ4v) is 3.41. The number of nitrogens with zero attached hydrogens (tertiary/aromatic N) is 2. The van der Waals surface area contributed by atoms with Crippen LogP contribution in [0.15, 0.2) is 73.2 Å². The van der Waals surface area contributed by atoms with Crippen molar-refractivity contribution in [2.24, 2.45) is 0 Å². The summed E-state index contributed by atoms with van der Waals surface area (Å²) in [6, 6.07) is 15.5. The average molecular weight is 426 g/mol. The molecule has 0 saturated heterocycles. The number of nitrogens with one attached hydrogen (secondary N) is 2. The highest BCUT2D eigenvalue weighted by atomic mass is 19.1. The second-order valence-corrected chi connectivity index (χ2v) is 7.47. The topological polar surface area (TPSA) is 62.7 Å². The molecule has 2 heterocycles. The number of H-pyrrole nitrogens is 1. The molecule has 0 saturated carbocycles. The van der Waals surface area contributed by atoms with Gasteiger partial charge in [-0.3, -0.25) is 9.89 Å². The molecular formula is C26H23FN4O. The van der Waals surface area contributed by atoms with Crippen LogP contribution in [0.25, 0.3) is 5.69 Å². The predicted octanol–water partition coefficient (Wildman–Crippen LogP) is 4.41. The number of carbonyl (C=O) groups is 1. The third-order valence-corrected chi connectivity index (χ3v) is 5.14. The number of hydrogen-bond acceptors (Lipinski definition) is 2. The Balaban J connectivity index is 1.55. The molecule has 0 unspecified atom stereocenters.